The summed E-state index contributed by atoms with van der Waals surface area (Å²) in [6.45, 7) is 6.92. The molecule has 0 aliphatic rings. The minimum Gasteiger partial charge on any atom is -0.459 e. The van der Waals surface area contributed by atoms with Gasteiger partial charge in [-0.05, 0) is 27.7 Å². The number of carbonyl (C=O) groups is 1. The van der Waals surface area contributed by atoms with E-state index in [1.54, 1.807) is 27.7 Å². The van der Waals surface area contributed by atoms with Gasteiger partial charge in [-0.25, -0.2) is 0 Å². The minimum atomic E-state index is -0.504. The van der Waals surface area contributed by atoms with E-state index < -0.39 is 5.41 Å². The van der Waals surface area contributed by atoms with Gasteiger partial charge in [-0.2, -0.15) is 0 Å². The van der Waals surface area contributed by atoms with E-state index in [9.17, 15) is 4.79 Å². The second kappa shape index (κ2) is 4.09. The molecule has 0 rings (SSSR count). The van der Waals surface area contributed by atoms with Gasteiger partial charge in [0, 0.05) is 0 Å². The van der Waals surface area contributed by atoms with Crippen LogP contribution >= 0.6 is 0 Å². The smallest absolute Gasteiger partial charge is 0.311 e. The highest BCUT2D eigenvalue weighted by Crippen LogP contribution is 2.14. The third-order valence-electron chi connectivity index (χ3n) is 1.20. The van der Waals surface area contributed by atoms with Crippen molar-refractivity contribution in [1.29, 1.82) is 0 Å². The van der Waals surface area contributed by atoms with Crippen LogP contribution < -0.4 is 0 Å². The molecule has 0 aliphatic heterocycles. The number of esters is 1. The van der Waals surface area contributed by atoms with Crippen molar-refractivity contribution in [1.82, 2.24) is 0 Å². The Morgan fingerprint density at radius 1 is 1.50 bits per heavy atom. The van der Waals surface area contributed by atoms with E-state index in [2.05, 4.69) is 5.16 Å². The lowest BCUT2D eigenvalue weighted by atomic mass is 9.97. The number of hydrogen-bond acceptors (Lipinski definition) is 4. The fourth-order valence-electron chi connectivity index (χ4n) is 0.415. The van der Waals surface area contributed by atoms with Crippen molar-refractivity contribution in [3.63, 3.8) is 0 Å². The van der Waals surface area contributed by atoms with Crippen molar-refractivity contribution < 1.29 is 14.7 Å². The molecule has 12 heavy (non-hydrogen) atoms. The Kier molecular flexibility index (Phi) is 3.73. The first-order valence-corrected chi connectivity index (χ1v) is 3.72. The standard InChI is InChI=1S/C8H15NO3/c1-6(9-11)5-12-7(10)8(2,3)4/h11H,5H2,1-4H3/b9-6+. The maximum Gasteiger partial charge on any atom is 0.311 e. The Morgan fingerprint density at radius 2 is 2.00 bits per heavy atom. The van der Waals surface area contributed by atoms with Crippen molar-refractivity contribution in [2.45, 2.75) is 27.7 Å². The largest absolute Gasteiger partial charge is 0.459 e. The van der Waals surface area contributed by atoms with Crippen LogP contribution in [-0.2, 0) is 9.53 Å². The van der Waals surface area contributed by atoms with Crippen LogP contribution in [0.3, 0.4) is 0 Å². The first kappa shape index (κ1) is 10.9. The summed E-state index contributed by atoms with van der Waals surface area (Å²) >= 11 is 0. The molecular weight excluding hydrogens is 158 g/mol. The summed E-state index contributed by atoms with van der Waals surface area (Å²) in [4.78, 5) is 11.1. The Labute approximate surface area is 72.2 Å². The lowest BCUT2D eigenvalue weighted by molar-refractivity contribution is -0.151. The highest BCUT2D eigenvalue weighted by molar-refractivity contribution is 5.85. The third kappa shape index (κ3) is 3.95. The summed E-state index contributed by atoms with van der Waals surface area (Å²) < 4.78 is 4.83. The number of carbonyl (C=O) groups excluding carboxylic acids is 1. The van der Waals surface area contributed by atoms with E-state index in [4.69, 9.17) is 9.94 Å². The maximum atomic E-state index is 11.1. The number of rotatable bonds is 2. The van der Waals surface area contributed by atoms with Crippen LogP contribution in [0, 0.1) is 5.41 Å². The zero-order chi connectivity index (χ0) is 9.78. The molecule has 0 bridgehead atoms. The van der Waals surface area contributed by atoms with Gasteiger partial charge in [0.25, 0.3) is 0 Å². The van der Waals surface area contributed by atoms with Gasteiger partial charge in [-0.15, -0.1) is 0 Å². The van der Waals surface area contributed by atoms with Crippen molar-refractivity contribution >= 4 is 11.7 Å². The molecule has 0 fully saturated rings. The topological polar surface area (TPSA) is 58.9 Å². The fourth-order valence-corrected chi connectivity index (χ4v) is 0.415. The van der Waals surface area contributed by atoms with Crippen LogP contribution in [0.2, 0.25) is 0 Å². The van der Waals surface area contributed by atoms with Gasteiger partial charge < -0.3 is 9.94 Å². The summed E-state index contributed by atoms with van der Waals surface area (Å²) in [5.74, 6) is -0.300. The highest BCUT2D eigenvalue weighted by atomic mass is 16.5. The third-order valence-corrected chi connectivity index (χ3v) is 1.20. The van der Waals surface area contributed by atoms with Crippen molar-refractivity contribution in [3.05, 3.63) is 0 Å². The van der Waals surface area contributed by atoms with E-state index in [0.717, 1.165) is 0 Å². The van der Waals surface area contributed by atoms with Gasteiger partial charge in [0.05, 0.1) is 11.1 Å². The molecule has 0 atom stereocenters. The van der Waals surface area contributed by atoms with E-state index in [-0.39, 0.29) is 12.6 Å². The van der Waals surface area contributed by atoms with Crippen LogP contribution in [-0.4, -0.2) is 23.5 Å². The molecule has 4 nitrogen and oxygen atoms in total. The first-order valence-electron chi connectivity index (χ1n) is 3.72. The lowest BCUT2D eigenvalue weighted by Gasteiger charge is -2.15. The second-order valence-electron chi connectivity index (χ2n) is 3.66. The zero-order valence-corrected chi connectivity index (χ0v) is 7.92. The molecule has 0 spiro atoms. The summed E-state index contributed by atoms with van der Waals surface area (Å²) in [6.07, 6.45) is 0. The normalized spacial score (nSPS) is 12.8. The van der Waals surface area contributed by atoms with Crippen LogP contribution in [0.25, 0.3) is 0 Å². The molecule has 0 saturated carbocycles. The Morgan fingerprint density at radius 3 is 2.33 bits per heavy atom. The van der Waals surface area contributed by atoms with Crippen molar-refractivity contribution in [2.75, 3.05) is 6.61 Å². The lowest BCUT2D eigenvalue weighted by Crippen LogP contribution is -2.24. The molecule has 0 aromatic carbocycles. The summed E-state index contributed by atoms with van der Waals surface area (Å²) in [6, 6.07) is 0. The molecule has 1 N–H and O–H groups in total. The van der Waals surface area contributed by atoms with E-state index in [0.29, 0.717) is 5.71 Å². The number of hydrogen-bond donors (Lipinski definition) is 1. The minimum absolute atomic E-state index is 0.0482. The van der Waals surface area contributed by atoms with Gasteiger partial charge in [0.2, 0.25) is 0 Å². The van der Waals surface area contributed by atoms with E-state index in [1.807, 2.05) is 0 Å². The van der Waals surface area contributed by atoms with Gasteiger partial charge in [-0.3, -0.25) is 4.79 Å². The molecule has 0 aromatic heterocycles. The summed E-state index contributed by atoms with van der Waals surface area (Å²) in [5.41, 5.74) is -0.122. The van der Waals surface area contributed by atoms with Gasteiger partial charge in [0.1, 0.15) is 6.61 Å². The van der Waals surface area contributed by atoms with Gasteiger partial charge in [0.15, 0.2) is 0 Å². The number of ether oxygens (including phenoxy) is 1. The second-order valence-corrected chi connectivity index (χ2v) is 3.66. The van der Waals surface area contributed by atoms with Crippen LogP contribution in [0.4, 0.5) is 0 Å². The molecule has 0 aromatic rings. The highest BCUT2D eigenvalue weighted by Gasteiger charge is 2.22. The average molecular weight is 173 g/mol. The zero-order valence-electron chi connectivity index (χ0n) is 7.92. The SMILES string of the molecule is C/C(COC(=O)C(C)(C)C)=N\O. The molecule has 4 heteroatoms. The van der Waals surface area contributed by atoms with Crippen molar-refractivity contribution in [2.24, 2.45) is 10.6 Å². The van der Waals surface area contributed by atoms with Crippen LogP contribution in [0.15, 0.2) is 5.16 Å². The van der Waals surface area contributed by atoms with Crippen LogP contribution in [0.5, 0.6) is 0 Å². The average Bonchev–Trinajstić information content (AvgIpc) is 1.97. The van der Waals surface area contributed by atoms with E-state index in [1.165, 1.54) is 0 Å². The predicted molar refractivity (Wildman–Crippen MR) is 45.3 cm³/mol. The molecule has 0 amide bonds. The fraction of sp³-hybridized carbons (Fsp3) is 0.750. The Balaban J connectivity index is 3.89. The molecular formula is C8H15NO3. The van der Waals surface area contributed by atoms with Gasteiger partial charge in [-0.1, -0.05) is 5.16 Å². The van der Waals surface area contributed by atoms with Crippen molar-refractivity contribution in [3.8, 4) is 0 Å². The summed E-state index contributed by atoms with van der Waals surface area (Å²) in [5, 5.41) is 11.1. The Bertz CT molecular complexity index is 191. The summed E-state index contributed by atoms with van der Waals surface area (Å²) in [7, 11) is 0. The van der Waals surface area contributed by atoms with E-state index >= 15 is 0 Å². The monoisotopic (exact) mass is 173 g/mol. The molecule has 0 saturated heterocycles. The maximum absolute atomic E-state index is 11.1. The molecule has 0 heterocycles. The molecule has 0 unspecified atom stereocenters. The predicted octanol–water partition coefficient (Wildman–Crippen LogP) is 1.43. The number of nitrogens with zero attached hydrogens (tertiary/aromatic N) is 1. The Hall–Kier alpha value is -1.06. The quantitative estimate of drug-likeness (QED) is 0.297. The molecule has 70 valence electrons. The van der Waals surface area contributed by atoms with Crippen LogP contribution in [0.1, 0.15) is 27.7 Å². The molecule has 0 radical (unpaired) electrons. The van der Waals surface area contributed by atoms with Gasteiger partial charge >= 0.3 is 5.97 Å². The first-order chi connectivity index (χ1) is 5.38. The molecule has 0 aliphatic carbocycles. The number of oxime groups is 1.